The molecule has 1 fully saturated rings. The van der Waals surface area contributed by atoms with Gasteiger partial charge in [-0.2, -0.15) is 13.2 Å². The van der Waals surface area contributed by atoms with Crippen molar-refractivity contribution < 1.29 is 18.0 Å². The number of urea groups is 1. The van der Waals surface area contributed by atoms with Crippen molar-refractivity contribution in [2.45, 2.75) is 12.2 Å². The summed E-state index contributed by atoms with van der Waals surface area (Å²) >= 11 is 0. The molecule has 96 valence electrons. The molecule has 1 aliphatic heterocycles. The van der Waals surface area contributed by atoms with Crippen molar-refractivity contribution in [3.05, 3.63) is 35.4 Å². The van der Waals surface area contributed by atoms with Gasteiger partial charge >= 0.3 is 12.2 Å². The molecule has 1 unspecified atom stereocenters. The Kier molecular flexibility index (Phi) is 2.76. The summed E-state index contributed by atoms with van der Waals surface area (Å²) in [5.74, 6) is -0.251. The number of carbonyl (C=O) groups excluding carboxylic acids is 1. The number of carbonyl (C=O) groups is 1. The van der Waals surface area contributed by atoms with Crippen LogP contribution >= 0.6 is 0 Å². The SMILES string of the molecule is CN1C(=O)NC(=N)C1c1ccccc1C(F)(F)F. The Morgan fingerprint density at radius 3 is 2.44 bits per heavy atom. The molecular weight excluding hydrogens is 247 g/mol. The van der Waals surface area contributed by atoms with Crippen LogP contribution in [0.2, 0.25) is 0 Å². The summed E-state index contributed by atoms with van der Waals surface area (Å²) in [7, 11) is 1.36. The number of rotatable bonds is 1. The third-order valence-electron chi connectivity index (χ3n) is 2.78. The molecule has 0 bridgehead atoms. The lowest BCUT2D eigenvalue weighted by Gasteiger charge is -2.21. The van der Waals surface area contributed by atoms with Crippen LogP contribution in [0.5, 0.6) is 0 Å². The maximum absolute atomic E-state index is 12.9. The lowest BCUT2D eigenvalue weighted by Crippen LogP contribution is -2.26. The van der Waals surface area contributed by atoms with E-state index in [1.54, 1.807) is 0 Å². The molecule has 1 heterocycles. The van der Waals surface area contributed by atoms with Crippen LogP contribution in [0, 0.1) is 5.41 Å². The molecule has 1 aromatic rings. The topological polar surface area (TPSA) is 56.2 Å². The minimum absolute atomic E-state index is 0.101. The van der Waals surface area contributed by atoms with Gasteiger partial charge in [0.1, 0.15) is 11.9 Å². The Balaban J connectivity index is 2.52. The molecule has 2 N–H and O–H groups in total. The Bertz CT molecular complexity index is 513. The van der Waals surface area contributed by atoms with E-state index in [9.17, 15) is 18.0 Å². The van der Waals surface area contributed by atoms with E-state index in [-0.39, 0.29) is 11.4 Å². The Morgan fingerprint density at radius 1 is 1.33 bits per heavy atom. The molecule has 2 rings (SSSR count). The summed E-state index contributed by atoms with van der Waals surface area (Å²) in [5, 5.41) is 9.76. The minimum atomic E-state index is -4.51. The van der Waals surface area contributed by atoms with E-state index in [2.05, 4.69) is 5.32 Å². The van der Waals surface area contributed by atoms with Crippen LogP contribution in [-0.4, -0.2) is 23.8 Å². The van der Waals surface area contributed by atoms with Gasteiger partial charge in [-0.05, 0) is 11.6 Å². The maximum Gasteiger partial charge on any atom is 0.416 e. The van der Waals surface area contributed by atoms with Crippen LogP contribution in [0.25, 0.3) is 0 Å². The number of nitrogens with zero attached hydrogens (tertiary/aromatic N) is 1. The fourth-order valence-corrected chi connectivity index (χ4v) is 1.94. The molecule has 18 heavy (non-hydrogen) atoms. The number of halogens is 3. The minimum Gasteiger partial charge on any atom is -0.313 e. The first kappa shape index (κ1) is 12.4. The molecule has 1 aromatic carbocycles. The van der Waals surface area contributed by atoms with E-state index in [0.717, 1.165) is 11.0 Å². The molecule has 7 heteroatoms. The average Bonchev–Trinajstić information content (AvgIpc) is 2.52. The number of likely N-dealkylation sites (N-methyl/N-ethyl adjacent to an activating group) is 1. The van der Waals surface area contributed by atoms with Gasteiger partial charge < -0.3 is 4.90 Å². The zero-order valence-corrected chi connectivity index (χ0v) is 9.38. The van der Waals surface area contributed by atoms with E-state index < -0.39 is 23.8 Å². The summed E-state index contributed by atoms with van der Waals surface area (Å²) in [6.45, 7) is 0. The predicted octanol–water partition coefficient (Wildman–Crippen LogP) is 2.38. The van der Waals surface area contributed by atoms with Gasteiger partial charge in [-0.3, -0.25) is 10.7 Å². The largest absolute Gasteiger partial charge is 0.416 e. The molecule has 4 nitrogen and oxygen atoms in total. The molecule has 0 radical (unpaired) electrons. The number of alkyl halides is 3. The van der Waals surface area contributed by atoms with Crippen molar-refractivity contribution in [1.82, 2.24) is 10.2 Å². The van der Waals surface area contributed by atoms with Crippen molar-refractivity contribution in [3.63, 3.8) is 0 Å². The highest BCUT2D eigenvalue weighted by Crippen LogP contribution is 2.37. The Labute approximate surface area is 101 Å². The summed E-state index contributed by atoms with van der Waals surface area (Å²) in [4.78, 5) is 12.4. The van der Waals surface area contributed by atoms with Crippen molar-refractivity contribution in [2.75, 3.05) is 7.05 Å². The van der Waals surface area contributed by atoms with E-state index in [4.69, 9.17) is 5.41 Å². The third-order valence-corrected chi connectivity index (χ3v) is 2.78. The molecule has 1 atom stereocenters. The molecule has 0 aromatic heterocycles. The second-order valence-corrected chi connectivity index (χ2v) is 3.94. The van der Waals surface area contributed by atoms with E-state index in [1.807, 2.05) is 0 Å². The predicted molar refractivity (Wildman–Crippen MR) is 58.2 cm³/mol. The van der Waals surface area contributed by atoms with Gasteiger partial charge in [0, 0.05) is 7.05 Å². The Morgan fingerprint density at radius 2 is 1.94 bits per heavy atom. The zero-order chi connectivity index (χ0) is 13.5. The van der Waals surface area contributed by atoms with Crippen LogP contribution in [0.1, 0.15) is 17.2 Å². The lowest BCUT2D eigenvalue weighted by molar-refractivity contribution is -0.138. The average molecular weight is 257 g/mol. The number of hydrogen-bond donors (Lipinski definition) is 2. The Hall–Kier alpha value is -2.05. The standard InChI is InChI=1S/C11H10F3N3O/c1-17-8(9(15)16-10(17)18)6-4-2-3-5-7(6)11(12,13)14/h2-5,8H,1H3,(H2,15,16,18). The zero-order valence-electron chi connectivity index (χ0n) is 9.38. The molecular formula is C11H10F3N3O. The van der Waals surface area contributed by atoms with Gasteiger partial charge in [-0.25, -0.2) is 4.79 Å². The highest BCUT2D eigenvalue weighted by molar-refractivity contribution is 6.06. The summed E-state index contributed by atoms with van der Waals surface area (Å²) in [6.07, 6.45) is -4.51. The first-order valence-electron chi connectivity index (χ1n) is 5.10. The highest BCUT2D eigenvalue weighted by Gasteiger charge is 2.41. The lowest BCUT2D eigenvalue weighted by atomic mass is 9.99. The molecule has 0 saturated carbocycles. The highest BCUT2D eigenvalue weighted by atomic mass is 19.4. The normalized spacial score (nSPS) is 20.2. The number of hydrogen-bond acceptors (Lipinski definition) is 2. The second kappa shape index (κ2) is 4.01. The number of benzene rings is 1. The molecule has 0 spiro atoms. The van der Waals surface area contributed by atoms with E-state index in [1.165, 1.54) is 25.2 Å². The van der Waals surface area contributed by atoms with Gasteiger partial charge in [-0.15, -0.1) is 0 Å². The molecule has 0 aliphatic carbocycles. The van der Waals surface area contributed by atoms with Crippen molar-refractivity contribution in [1.29, 1.82) is 5.41 Å². The molecule has 1 aliphatic rings. The van der Waals surface area contributed by atoms with Gasteiger partial charge in [0.15, 0.2) is 0 Å². The maximum atomic E-state index is 12.9. The quantitative estimate of drug-likeness (QED) is 0.797. The van der Waals surface area contributed by atoms with Gasteiger partial charge in [0.05, 0.1) is 5.56 Å². The summed E-state index contributed by atoms with van der Waals surface area (Å²) < 4.78 is 38.6. The number of amides is 2. The van der Waals surface area contributed by atoms with Gasteiger partial charge in [0.2, 0.25) is 0 Å². The fraction of sp³-hybridized carbons (Fsp3) is 0.273. The van der Waals surface area contributed by atoms with Crippen LogP contribution in [0.3, 0.4) is 0 Å². The fourth-order valence-electron chi connectivity index (χ4n) is 1.94. The van der Waals surface area contributed by atoms with Crippen molar-refractivity contribution in [2.24, 2.45) is 0 Å². The van der Waals surface area contributed by atoms with Crippen LogP contribution in [-0.2, 0) is 6.18 Å². The van der Waals surface area contributed by atoms with Gasteiger partial charge in [-0.1, -0.05) is 18.2 Å². The first-order chi connectivity index (χ1) is 8.32. The van der Waals surface area contributed by atoms with Crippen molar-refractivity contribution >= 4 is 11.9 Å². The second-order valence-electron chi connectivity index (χ2n) is 3.94. The van der Waals surface area contributed by atoms with Gasteiger partial charge in [0.25, 0.3) is 0 Å². The summed E-state index contributed by atoms with van der Waals surface area (Å²) in [5.41, 5.74) is -0.932. The van der Waals surface area contributed by atoms with E-state index in [0.29, 0.717) is 0 Å². The monoisotopic (exact) mass is 257 g/mol. The van der Waals surface area contributed by atoms with Crippen molar-refractivity contribution in [3.8, 4) is 0 Å². The third kappa shape index (κ3) is 1.92. The molecule has 1 saturated heterocycles. The first-order valence-corrected chi connectivity index (χ1v) is 5.10. The van der Waals surface area contributed by atoms with Crippen LogP contribution < -0.4 is 5.32 Å². The van der Waals surface area contributed by atoms with Crippen LogP contribution in [0.15, 0.2) is 24.3 Å². The number of amidine groups is 1. The number of nitrogens with one attached hydrogen (secondary N) is 2. The van der Waals surface area contributed by atoms with E-state index >= 15 is 0 Å². The van der Waals surface area contributed by atoms with Crippen LogP contribution in [0.4, 0.5) is 18.0 Å². The molecule has 2 amide bonds. The summed E-state index contributed by atoms with van der Waals surface area (Å²) in [6, 6.07) is 3.35. The smallest absolute Gasteiger partial charge is 0.313 e.